The van der Waals surface area contributed by atoms with Gasteiger partial charge in [-0.05, 0) is 69.3 Å². The van der Waals surface area contributed by atoms with Crippen LogP contribution in [-0.2, 0) is 0 Å². The zero-order valence-corrected chi connectivity index (χ0v) is 14.2. The number of allylic oxidation sites excluding steroid dienone is 1. The third-order valence-corrected chi connectivity index (χ3v) is 4.70. The van der Waals surface area contributed by atoms with Crippen LogP contribution in [0.25, 0.3) is 16.8 Å². The first-order chi connectivity index (χ1) is 11.1. The first-order valence-corrected chi connectivity index (χ1v) is 8.31. The van der Waals surface area contributed by atoms with Crippen molar-refractivity contribution in [1.29, 1.82) is 0 Å². The van der Waals surface area contributed by atoms with Gasteiger partial charge < -0.3 is 0 Å². The maximum Gasteiger partial charge on any atom is 0.197 e. The van der Waals surface area contributed by atoms with Gasteiger partial charge in [-0.15, -0.1) is 0 Å². The monoisotopic (exact) mass is 410 g/mol. The van der Waals surface area contributed by atoms with E-state index in [0.717, 1.165) is 19.9 Å². The predicted molar refractivity (Wildman–Crippen MR) is 99.7 cm³/mol. The second-order valence-corrected chi connectivity index (χ2v) is 6.76. The summed E-state index contributed by atoms with van der Waals surface area (Å²) in [7, 11) is 0. The molecule has 0 aliphatic heterocycles. The first kappa shape index (κ1) is 14.3. The maximum atomic E-state index is 12.6. The van der Waals surface area contributed by atoms with Gasteiger partial charge in [-0.25, -0.2) is 0 Å². The molecule has 0 atom stereocenters. The van der Waals surface area contributed by atoms with Gasteiger partial charge in [0.1, 0.15) is 0 Å². The van der Waals surface area contributed by atoms with Gasteiger partial charge in [0, 0.05) is 14.7 Å². The Labute approximate surface area is 147 Å². The van der Waals surface area contributed by atoms with E-state index in [1.807, 2.05) is 60.7 Å². The molecule has 4 rings (SSSR count). The number of hydrogen-bond donors (Lipinski definition) is 0. The SMILES string of the molecule is O=C1C(=Cc2cccc(I)c2)C(=O)c2cc3ccccc3cc21. The molecule has 3 heteroatoms. The fraction of sp³-hybridized carbons (Fsp3) is 0. The summed E-state index contributed by atoms with van der Waals surface area (Å²) in [6.45, 7) is 0. The van der Waals surface area contributed by atoms with E-state index in [0.29, 0.717) is 11.1 Å². The number of carbonyl (C=O) groups is 2. The number of benzene rings is 3. The van der Waals surface area contributed by atoms with Crippen LogP contribution in [0.1, 0.15) is 26.3 Å². The molecule has 3 aromatic rings. The van der Waals surface area contributed by atoms with Gasteiger partial charge in [0.2, 0.25) is 0 Å². The molecular weight excluding hydrogens is 399 g/mol. The molecule has 0 saturated heterocycles. The van der Waals surface area contributed by atoms with E-state index in [9.17, 15) is 9.59 Å². The van der Waals surface area contributed by atoms with Crippen molar-refractivity contribution >= 4 is 51.0 Å². The topological polar surface area (TPSA) is 34.1 Å². The zero-order chi connectivity index (χ0) is 16.0. The molecule has 0 radical (unpaired) electrons. The Kier molecular flexibility index (Phi) is 3.38. The van der Waals surface area contributed by atoms with Gasteiger partial charge in [-0.3, -0.25) is 9.59 Å². The molecule has 1 aliphatic carbocycles. The lowest BCUT2D eigenvalue weighted by Gasteiger charge is -2.00. The molecule has 0 saturated carbocycles. The molecule has 0 amide bonds. The Hall–Kier alpha value is -2.27. The molecule has 0 heterocycles. The molecule has 23 heavy (non-hydrogen) atoms. The molecule has 110 valence electrons. The summed E-state index contributed by atoms with van der Waals surface area (Å²) >= 11 is 2.21. The van der Waals surface area contributed by atoms with Crippen LogP contribution in [0, 0.1) is 3.57 Å². The number of fused-ring (bicyclic) bond motifs is 2. The second-order valence-electron chi connectivity index (χ2n) is 5.52. The van der Waals surface area contributed by atoms with Crippen LogP contribution in [0.2, 0.25) is 0 Å². The van der Waals surface area contributed by atoms with Gasteiger partial charge in [0.05, 0.1) is 5.57 Å². The van der Waals surface area contributed by atoms with Crippen molar-refractivity contribution in [2.75, 3.05) is 0 Å². The summed E-state index contributed by atoms with van der Waals surface area (Å²) < 4.78 is 1.07. The molecule has 0 spiro atoms. The Balaban J connectivity index is 1.87. The molecule has 0 fully saturated rings. The molecule has 0 aromatic heterocycles. The fourth-order valence-electron chi connectivity index (χ4n) is 2.90. The molecule has 0 N–H and O–H groups in total. The number of hydrogen-bond acceptors (Lipinski definition) is 2. The summed E-state index contributed by atoms with van der Waals surface area (Å²) in [6, 6.07) is 19.1. The lowest BCUT2D eigenvalue weighted by Crippen LogP contribution is -2.00. The minimum Gasteiger partial charge on any atom is -0.288 e. The average molecular weight is 410 g/mol. The van der Waals surface area contributed by atoms with Crippen LogP contribution < -0.4 is 0 Å². The van der Waals surface area contributed by atoms with E-state index in [2.05, 4.69) is 22.6 Å². The van der Waals surface area contributed by atoms with E-state index in [-0.39, 0.29) is 17.1 Å². The van der Waals surface area contributed by atoms with Gasteiger partial charge in [0.25, 0.3) is 0 Å². The molecule has 0 unspecified atom stereocenters. The molecule has 2 nitrogen and oxygen atoms in total. The fourth-order valence-corrected chi connectivity index (χ4v) is 3.47. The Morgan fingerprint density at radius 3 is 1.91 bits per heavy atom. The molecule has 0 bridgehead atoms. The lowest BCUT2D eigenvalue weighted by atomic mass is 10.0. The normalized spacial score (nSPS) is 13.5. The highest BCUT2D eigenvalue weighted by atomic mass is 127. The lowest BCUT2D eigenvalue weighted by molar-refractivity contribution is 0.0990. The van der Waals surface area contributed by atoms with Crippen molar-refractivity contribution in [3.63, 3.8) is 0 Å². The van der Waals surface area contributed by atoms with Crippen LogP contribution >= 0.6 is 22.6 Å². The largest absolute Gasteiger partial charge is 0.288 e. The smallest absolute Gasteiger partial charge is 0.197 e. The van der Waals surface area contributed by atoms with Crippen molar-refractivity contribution in [1.82, 2.24) is 0 Å². The van der Waals surface area contributed by atoms with Gasteiger partial charge in [0.15, 0.2) is 11.6 Å². The highest BCUT2D eigenvalue weighted by molar-refractivity contribution is 14.1. The third kappa shape index (κ3) is 2.41. The van der Waals surface area contributed by atoms with Gasteiger partial charge >= 0.3 is 0 Å². The summed E-state index contributed by atoms with van der Waals surface area (Å²) in [5.74, 6) is -0.371. The van der Waals surface area contributed by atoms with Crippen LogP contribution in [0.4, 0.5) is 0 Å². The zero-order valence-electron chi connectivity index (χ0n) is 12.0. The van der Waals surface area contributed by atoms with Crippen LogP contribution in [0.15, 0.2) is 66.2 Å². The highest BCUT2D eigenvalue weighted by Crippen LogP contribution is 2.31. The number of carbonyl (C=O) groups excluding carboxylic acids is 2. The standard InChI is InChI=1S/C20H11IO2/c21-15-7-3-4-12(8-15)9-18-19(22)16-10-13-5-1-2-6-14(13)11-17(16)20(18)23/h1-11H. The van der Waals surface area contributed by atoms with Gasteiger partial charge in [-0.2, -0.15) is 0 Å². The number of halogens is 1. The Morgan fingerprint density at radius 1 is 0.739 bits per heavy atom. The summed E-state index contributed by atoms with van der Waals surface area (Å²) in [6.07, 6.45) is 1.69. The second kappa shape index (κ2) is 5.42. The number of Topliss-reactive ketones (excluding diaryl/α,β-unsaturated/α-hetero) is 2. The number of rotatable bonds is 1. The van der Waals surface area contributed by atoms with Gasteiger partial charge in [-0.1, -0.05) is 36.4 Å². The van der Waals surface area contributed by atoms with Crippen LogP contribution in [0.5, 0.6) is 0 Å². The van der Waals surface area contributed by atoms with Crippen molar-refractivity contribution < 1.29 is 9.59 Å². The van der Waals surface area contributed by atoms with Crippen molar-refractivity contribution in [2.24, 2.45) is 0 Å². The van der Waals surface area contributed by atoms with E-state index >= 15 is 0 Å². The van der Waals surface area contributed by atoms with E-state index in [1.165, 1.54) is 0 Å². The minimum absolute atomic E-state index is 0.186. The minimum atomic E-state index is -0.186. The van der Waals surface area contributed by atoms with Crippen molar-refractivity contribution in [3.05, 3.63) is 86.5 Å². The maximum absolute atomic E-state index is 12.6. The average Bonchev–Trinajstić information content (AvgIpc) is 2.78. The van der Waals surface area contributed by atoms with E-state index in [4.69, 9.17) is 0 Å². The van der Waals surface area contributed by atoms with Crippen LogP contribution in [0.3, 0.4) is 0 Å². The van der Waals surface area contributed by atoms with E-state index < -0.39 is 0 Å². The molecule has 1 aliphatic rings. The Morgan fingerprint density at radius 2 is 1.35 bits per heavy atom. The van der Waals surface area contributed by atoms with Crippen molar-refractivity contribution in [2.45, 2.75) is 0 Å². The quantitative estimate of drug-likeness (QED) is 0.325. The first-order valence-electron chi connectivity index (χ1n) is 7.23. The molecular formula is C20H11IO2. The highest BCUT2D eigenvalue weighted by Gasteiger charge is 2.33. The van der Waals surface area contributed by atoms with Crippen LogP contribution in [-0.4, -0.2) is 11.6 Å². The third-order valence-electron chi connectivity index (χ3n) is 4.02. The van der Waals surface area contributed by atoms with E-state index in [1.54, 1.807) is 6.08 Å². The summed E-state index contributed by atoms with van der Waals surface area (Å²) in [5, 5.41) is 1.95. The summed E-state index contributed by atoms with van der Waals surface area (Å²) in [4.78, 5) is 25.3. The predicted octanol–water partition coefficient (Wildman–Crippen LogP) is 4.91. The molecule has 3 aromatic carbocycles. The van der Waals surface area contributed by atoms with Crippen molar-refractivity contribution in [3.8, 4) is 0 Å². The summed E-state index contributed by atoms with van der Waals surface area (Å²) in [5.41, 5.74) is 2.12. The Bertz CT molecular complexity index is 959. The number of ketones is 2.